The number of amides is 1. The number of thiophene rings is 1. The van der Waals surface area contributed by atoms with Gasteiger partial charge in [-0.05, 0) is 58.6 Å². The van der Waals surface area contributed by atoms with Crippen LogP contribution in [-0.2, 0) is 4.79 Å². The summed E-state index contributed by atoms with van der Waals surface area (Å²) in [5.41, 5.74) is 1.51. The van der Waals surface area contributed by atoms with Gasteiger partial charge in [-0.25, -0.2) is 4.39 Å². The van der Waals surface area contributed by atoms with Gasteiger partial charge in [-0.2, -0.15) is 4.68 Å². The van der Waals surface area contributed by atoms with Crippen LogP contribution in [0.1, 0.15) is 23.4 Å². The van der Waals surface area contributed by atoms with E-state index >= 15 is 0 Å². The van der Waals surface area contributed by atoms with Gasteiger partial charge in [0.05, 0.1) is 18.4 Å². The summed E-state index contributed by atoms with van der Waals surface area (Å²) in [6.07, 6.45) is 0. The van der Waals surface area contributed by atoms with Crippen molar-refractivity contribution in [2.75, 3.05) is 12.4 Å². The number of benzene rings is 2. The second-order valence-electron chi connectivity index (χ2n) is 6.63. The number of carbonyl (C=O) groups is 1. The van der Waals surface area contributed by atoms with E-state index in [9.17, 15) is 9.18 Å². The number of hydrogen-bond donors (Lipinski definition) is 1. The SMILES string of the molecule is CCOc1ccccc1-n1nnnc1SCC(=O)NC(c1ccc(F)cc1)c1cccs1. The van der Waals surface area contributed by atoms with Gasteiger partial charge in [0.2, 0.25) is 11.1 Å². The van der Waals surface area contributed by atoms with Crippen LogP contribution in [0.4, 0.5) is 4.39 Å². The molecule has 0 aliphatic carbocycles. The van der Waals surface area contributed by atoms with Crippen molar-refractivity contribution in [1.29, 1.82) is 0 Å². The fourth-order valence-corrected chi connectivity index (χ4v) is 4.59. The highest BCUT2D eigenvalue weighted by Gasteiger charge is 2.20. The first-order valence-electron chi connectivity index (χ1n) is 9.87. The molecular formula is C22H20FN5O2S2. The maximum atomic E-state index is 13.4. The Hall–Kier alpha value is -3.24. The summed E-state index contributed by atoms with van der Waals surface area (Å²) < 4.78 is 20.6. The highest BCUT2D eigenvalue weighted by molar-refractivity contribution is 7.99. The van der Waals surface area contributed by atoms with Gasteiger partial charge in [0.15, 0.2) is 0 Å². The van der Waals surface area contributed by atoms with Gasteiger partial charge in [0.1, 0.15) is 17.3 Å². The third-order valence-electron chi connectivity index (χ3n) is 4.50. The lowest BCUT2D eigenvalue weighted by molar-refractivity contribution is -0.119. The summed E-state index contributed by atoms with van der Waals surface area (Å²) in [5, 5.41) is 17.3. The number of thioether (sulfide) groups is 1. The third-order valence-corrected chi connectivity index (χ3v) is 6.36. The fourth-order valence-electron chi connectivity index (χ4n) is 3.09. The summed E-state index contributed by atoms with van der Waals surface area (Å²) in [6.45, 7) is 2.42. The van der Waals surface area contributed by atoms with E-state index < -0.39 is 0 Å². The molecule has 0 fully saturated rings. The van der Waals surface area contributed by atoms with Gasteiger partial charge in [-0.3, -0.25) is 4.79 Å². The minimum absolute atomic E-state index is 0.111. The molecule has 4 rings (SSSR count). The number of nitrogens with zero attached hydrogens (tertiary/aromatic N) is 4. The molecule has 0 aliphatic rings. The van der Waals surface area contributed by atoms with Crippen molar-refractivity contribution in [2.24, 2.45) is 0 Å². The Labute approximate surface area is 192 Å². The molecule has 0 spiro atoms. The Bertz CT molecular complexity index is 1170. The van der Waals surface area contributed by atoms with Crippen LogP contribution in [0.3, 0.4) is 0 Å². The number of hydrogen-bond acceptors (Lipinski definition) is 7. The molecule has 4 aromatic rings. The molecular weight excluding hydrogens is 449 g/mol. The molecule has 0 saturated carbocycles. The summed E-state index contributed by atoms with van der Waals surface area (Å²) in [4.78, 5) is 13.8. The van der Waals surface area contributed by atoms with E-state index in [2.05, 4.69) is 20.8 Å². The molecule has 164 valence electrons. The van der Waals surface area contributed by atoms with Crippen LogP contribution in [0.25, 0.3) is 5.69 Å². The highest BCUT2D eigenvalue weighted by Crippen LogP contribution is 2.28. The standard InChI is InChI=1S/C22H20FN5O2S2/c1-2-30-18-7-4-3-6-17(18)28-22(25-26-27-28)32-14-20(29)24-21(19-8-5-13-31-19)15-9-11-16(23)12-10-15/h3-13,21H,2,14H2,1H3,(H,24,29). The van der Waals surface area contributed by atoms with E-state index in [1.807, 2.05) is 48.7 Å². The van der Waals surface area contributed by atoms with Crippen molar-refractivity contribution >= 4 is 29.0 Å². The van der Waals surface area contributed by atoms with Crippen LogP contribution in [-0.4, -0.2) is 38.5 Å². The molecule has 2 heterocycles. The van der Waals surface area contributed by atoms with Crippen molar-refractivity contribution in [3.63, 3.8) is 0 Å². The molecule has 2 aromatic heterocycles. The fraction of sp³-hybridized carbons (Fsp3) is 0.182. The lowest BCUT2D eigenvalue weighted by atomic mass is 10.1. The normalized spacial score (nSPS) is 11.8. The Morgan fingerprint density at radius 1 is 1.19 bits per heavy atom. The van der Waals surface area contributed by atoms with E-state index in [0.29, 0.717) is 23.2 Å². The van der Waals surface area contributed by atoms with Gasteiger partial charge in [0.25, 0.3) is 0 Å². The van der Waals surface area contributed by atoms with Gasteiger partial charge in [-0.1, -0.05) is 42.1 Å². The molecule has 0 bridgehead atoms. The Kier molecular flexibility index (Phi) is 7.13. The number of aromatic nitrogens is 4. The first kappa shape index (κ1) is 22.0. The second-order valence-corrected chi connectivity index (χ2v) is 8.55. The van der Waals surface area contributed by atoms with Crippen LogP contribution in [0.2, 0.25) is 0 Å². The predicted molar refractivity (Wildman–Crippen MR) is 122 cm³/mol. The Morgan fingerprint density at radius 3 is 2.75 bits per heavy atom. The van der Waals surface area contributed by atoms with Crippen LogP contribution < -0.4 is 10.1 Å². The molecule has 7 nitrogen and oxygen atoms in total. The van der Waals surface area contributed by atoms with Gasteiger partial charge in [-0.15, -0.1) is 16.4 Å². The first-order valence-corrected chi connectivity index (χ1v) is 11.7. The van der Waals surface area contributed by atoms with E-state index in [-0.39, 0.29) is 23.5 Å². The van der Waals surface area contributed by atoms with Crippen molar-refractivity contribution < 1.29 is 13.9 Å². The van der Waals surface area contributed by atoms with Gasteiger partial charge in [0, 0.05) is 4.88 Å². The van der Waals surface area contributed by atoms with E-state index in [4.69, 9.17) is 4.74 Å². The quantitative estimate of drug-likeness (QED) is 0.369. The van der Waals surface area contributed by atoms with Crippen molar-refractivity contribution in [3.05, 3.63) is 82.3 Å². The minimum Gasteiger partial charge on any atom is -0.492 e. The average Bonchev–Trinajstić information content (AvgIpc) is 3.50. The van der Waals surface area contributed by atoms with Crippen molar-refractivity contribution in [1.82, 2.24) is 25.5 Å². The maximum absolute atomic E-state index is 13.4. The molecule has 1 amide bonds. The number of tetrazole rings is 1. The Balaban J connectivity index is 1.47. The number of ether oxygens (including phenoxy) is 1. The van der Waals surface area contributed by atoms with Crippen LogP contribution in [0, 0.1) is 5.82 Å². The number of rotatable bonds is 9. The molecule has 1 N–H and O–H groups in total. The molecule has 10 heteroatoms. The molecule has 1 atom stereocenters. The summed E-state index contributed by atoms with van der Waals surface area (Å²) in [6, 6.07) is 17.1. The van der Waals surface area contributed by atoms with E-state index in [1.165, 1.54) is 35.2 Å². The van der Waals surface area contributed by atoms with Crippen LogP contribution in [0.15, 0.2) is 71.2 Å². The van der Waals surface area contributed by atoms with E-state index in [1.54, 1.807) is 16.8 Å². The van der Waals surface area contributed by atoms with Gasteiger partial charge >= 0.3 is 0 Å². The molecule has 1 unspecified atom stereocenters. The van der Waals surface area contributed by atoms with Crippen molar-refractivity contribution in [3.8, 4) is 11.4 Å². The topological polar surface area (TPSA) is 81.9 Å². The largest absolute Gasteiger partial charge is 0.492 e. The Morgan fingerprint density at radius 2 is 2.00 bits per heavy atom. The minimum atomic E-state index is -0.363. The molecule has 32 heavy (non-hydrogen) atoms. The van der Waals surface area contributed by atoms with Crippen LogP contribution >= 0.6 is 23.1 Å². The monoisotopic (exact) mass is 469 g/mol. The van der Waals surface area contributed by atoms with Crippen molar-refractivity contribution in [2.45, 2.75) is 18.1 Å². The number of para-hydroxylation sites is 2. The predicted octanol–water partition coefficient (Wildman–Crippen LogP) is 4.26. The zero-order valence-corrected chi connectivity index (χ0v) is 18.8. The summed E-state index contributed by atoms with van der Waals surface area (Å²) in [7, 11) is 0. The van der Waals surface area contributed by atoms with Crippen LogP contribution in [0.5, 0.6) is 5.75 Å². The molecule has 0 saturated heterocycles. The second kappa shape index (κ2) is 10.4. The molecule has 2 aromatic carbocycles. The lowest BCUT2D eigenvalue weighted by Crippen LogP contribution is -2.30. The summed E-state index contributed by atoms with van der Waals surface area (Å²) in [5.74, 6) is 0.257. The molecule has 0 aliphatic heterocycles. The smallest absolute Gasteiger partial charge is 0.231 e. The number of carbonyl (C=O) groups excluding carboxylic acids is 1. The van der Waals surface area contributed by atoms with E-state index in [0.717, 1.165) is 10.4 Å². The number of halogens is 1. The number of nitrogens with one attached hydrogen (secondary N) is 1. The maximum Gasteiger partial charge on any atom is 0.231 e. The average molecular weight is 470 g/mol. The first-order chi connectivity index (χ1) is 15.7. The van der Waals surface area contributed by atoms with Gasteiger partial charge < -0.3 is 10.1 Å². The lowest BCUT2D eigenvalue weighted by Gasteiger charge is -2.18. The summed E-state index contributed by atoms with van der Waals surface area (Å²) >= 11 is 2.75. The molecule has 0 radical (unpaired) electrons. The third kappa shape index (κ3) is 5.14. The highest BCUT2D eigenvalue weighted by atomic mass is 32.2. The zero-order valence-electron chi connectivity index (χ0n) is 17.1. The zero-order chi connectivity index (χ0) is 22.3.